The van der Waals surface area contributed by atoms with Crippen LogP contribution in [0.2, 0.25) is 0 Å². The van der Waals surface area contributed by atoms with E-state index in [1.165, 1.54) is 96.3 Å². The van der Waals surface area contributed by atoms with Crippen LogP contribution in [0.15, 0.2) is 12.2 Å². The molecule has 3 nitrogen and oxygen atoms in total. The molecule has 0 amide bonds. The van der Waals surface area contributed by atoms with Gasteiger partial charge in [0.1, 0.15) is 0 Å². The average Bonchev–Trinajstić information content (AvgIpc) is 2.72. The van der Waals surface area contributed by atoms with Gasteiger partial charge in [-0.25, -0.2) is 0 Å². The number of ether oxygens (including phenoxy) is 1. The molecule has 0 rings (SSSR count). The SMILES string of the molecule is CCCC/C=C\CCCCCCCC(=O)OCCCCCCCCCCCCO. The molecule has 0 bridgehead atoms. The fourth-order valence-electron chi connectivity index (χ4n) is 3.51. The molecule has 0 spiro atoms. The van der Waals surface area contributed by atoms with Crippen molar-refractivity contribution in [1.82, 2.24) is 0 Å². The summed E-state index contributed by atoms with van der Waals surface area (Å²) in [5.41, 5.74) is 0. The predicted octanol–water partition coefficient (Wildman–Crippen LogP) is 7.90. The third kappa shape index (κ3) is 25.1. The average molecular weight is 411 g/mol. The van der Waals surface area contributed by atoms with Crippen molar-refractivity contribution < 1.29 is 14.6 Å². The third-order valence-electron chi connectivity index (χ3n) is 5.46. The van der Waals surface area contributed by atoms with E-state index in [-0.39, 0.29) is 5.97 Å². The van der Waals surface area contributed by atoms with Crippen LogP contribution in [0.3, 0.4) is 0 Å². The van der Waals surface area contributed by atoms with E-state index in [0.717, 1.165) is 25.7 Å². The molecule has 0 aliphatic heterocycles. The van der Waals surface area contributed by atoms with Gasteiger partial charge in [0, 0.05) is 13.0 Å². The number of aliphatic hydroxyl groups excluding tert-OH is 1. The molecular formula is C26H50O3. The molecule has 0 saturated heterocycles. The van der Waals surface area contributed by atoms with Crippen molar-refractivity contribution in [1.29, 1.82) is 0 Å². The number of unbranched alkanes of at least 4 members (excludes halogenated alkanes) is 16. The van der Waals surface area contributed by atoms with Crippen molar-refractivity contribution in [2.75, 3.05) is 13.2 Å². The van der Waals surface area contributed by atoms with E-state index in [9.17, 15) is 4.79 Å². The minimum absolute atomic E-state index is 0.00765. The molecular weight excluding hydrogens is 360 g/mol. The lowest BCUT2D eigenvalue weighted by Crippen LogP contribution is -2.05. The molecule has 0 heterocycles. The van der Waals surface area contributed by atoms with Gasteiger partial charge in [0.05, 0.1) is 6.61 Å². The highest BCUT2D eigenvalue weighted by molar-refractivity contribution is 5.69. The van der Waals surface area contributed by atoms with Crippen molar-refractivity contribution >= 4 is 5.97 Å². The van der Waals surface area contributed by atoms with Crippen LogP contribution in [0.4, 0.5) is 0 Å². The summed E-state index contributed by atoms with van der Waals surface area (Å²) in [6.45, 7) is 3.17. The summed E-state index contributed by atoms with van der Waals surface area (Å²) >= 11 is 0. The zero-order chi connectivity index (χ0) is 21.3. The van der Waals surface area contributed by atoms with Crippen LogP contribution in [0.25, 0.3) is 0 Å². The van der Waals surface area contributed by atoms with Crippen molar-refractivity contribution in [2.24, 2.45) is 0 Å². The van der Waals surface area contributed by atoms with Crippen molar-refractivity contribution in [3.8, 4) is 0 Å². The Morgan fingerprint density at radius 3 is 1.72 bits per heavy atom. The Kier molecular flexibility index (Phi) is 24.5. The van der Waals surface area contributed by atoms with E-state index >= 15 is 0 Å². The first kappa shape index (κ1) is 28.2. The molecule has 0 radical (unpaired) electrons. The number of rotatable bonds is 23. The molecule has 0 saturated carbocycles. The molecule has 0 aliphatic carbocycles. The number of carbonyl (C=O) groups is 1. The molecule has 0 aromatic carbocycles. The molecule has 0 atom stereocenters. The normalized spacial score (nSPS) is 11.4. The highest BCUT2D eigenvalue weighted by Gasteiger charge is 2.02. The maximum absolute atomic E-state index is 11.7. The molecule has 0 aromatic heterocycles. The monoisotopic (exact) mass is 410 g/mol. The number of aliphatic hydroxyl groups is 1. The van der Waals surface area contributed by atoms with Gasteiger partial charge in [0.25, 0.3) is 0 Å². The summed E-state index contributed by atoms with van der Waals surface area (Å²) in [6.07, 6.45) is 28.2. The van der Waals surface area contributed by atoms with Gasteiger partial charge in [-0.1, -0.05) is 103 Å². The van der Waals surface area contributed by atoms with E-state index in [0.29, 0.717) is 19.6 Å². The number of hydrogen-bond acceptors (Lipinski definition) is 3. The minimum atomic E-state index is -0.00765. The van der Waals surface area contributed by atoms with Crippen molar-refractivity contribution in [2.45, 2.75) is 135 Å². The largest absolute Gasteiger partial charge is 0.466 e. The van der Waals surface area contributed by atoms with Gasteiger partial charge >= 0.3 is 5.97 Å². The zero-order valence-electron chi connectivity index (χ0n) is 19.5. The summed E-state index contributed by atoms with van der Waals surface area (Å²) in [7, 11) is 0. The van der Waals surface area contributed by atoms with Gasteiger partial charge in [-0.15, -0.1) is 0 Å². The van der Waals surface area contributed by atoms with Crippen molar-refractivity contribution in [3.05, 3.63) is 12.2 Å². The summed E-state index contributed by atoms with van der Waals surface area (Å²) in [5, 5.41) is 8.73. The Hall–Kier alpha value is -0.830. The number of carbonyl (C=O) groups excluding carboxylic acids is 1. The molecule has 3 heteroatoms. The number of allylic oxidation sites excluding steroid dienone is 2. The molecule has 0 aromatic rings. The van der Waals surface area contributed by atoms with Crippen LogP contribution in [-0.4, -0.2) is 24.3 Å². The van der Waals surface area contributed by atoms with Crippen LogP contribution >= 0.6 is 0 Å². The quantitative estimate of drug-likeness (QED) is 0.106. The lowest BCUT2D eigenvalue weighted by molar-refractivity contribution is -0.143. The topological polar surface area (TPSA) is 46.5 Å². The van der Waals surface area contributed by atoms with Crippen molar-refractivity contribution in [3.63, 3.8) is 0 Å². The maximum atomic E-state index is 11.7. The summed E-state index contributed by atoms with van der Waals surface area (Å²) in [5.74, 6) is -0.00765. The lowest BCUT2D eigenvalue weighted by Gasteiger charge is -2.05. The molecule has 29 heavy (non-hydrogen) atoms. The van der Waals surface area contributed by atoms with Gasteiger partial charge in [0.15, 0.2) is 0 Å². The van der Waals surface area contributed by atoms with E-state index in [1.807, 2.05) is 0 Å². The predicted molar refractivity (Wildman–Crippen MR) is 125 cm³/mol. The van der Waals surface area contributed by atoms with Crippen LogP contribution in [-0.2, 0) is 9.53 Å². The smallest absolute Gasteiger partial charge is 0.305 e. The van der Waals surface area contributed by atoms with E-state index < -0.39 is 0 Å². The summed E-state index contributed by atoms with van der Waals surface area (Å²) < 4.78 is 5.35. The Labute approximate surface area is 181 Å². The van der Waals surface area contributed by atoms with E-state index in [4.69, 9.17) is 9.84 Å². The fraction of sp³-hybridized carbons (Fsp3) is 0.885. The second-order valence-electron chi connectivity index (χ2n) is 8.40. The lowest BCUT2D eigenvalue weighted by atomic mass is 10.1. The number of esters is 1. The highest BCUT2D eigenvalue weighted by atomic mass is 16.5. The van der Waals surface area contributed by atoms with Crippen LogP contribution in [0.5, 0.6) is 0 Å². The standard InChI is InChI=1S/C26H50O3/c1-2-3-4-5-6-7-8-11-14-17-20-23-26(28)29-25-22-19-16-13-10-9-12-15-18-21-24-27/h5-6,27H,2-4,7-25H2,1H3/b6-5-. The van der Waals surface area contributed by atoms with Gasteiger partial charge in [-0.2, -0.15) is 0 Å². The number of hydrogen-bond donors (Lipinski definition) is 1. The van der Waals surface area contributed by atoms with Crippen LogP contribution < -0.4 is 0 Å². The Bertz CT molecular complexity index is 352. The first-order valence-corrected chi connectivity index (χ1v) is 12.7. The second kappa shape index (κ2) is 25.2. The van der Waals surface area contributed by atoms with Gasteiger partial charge < -0.3 is 9.84 Å². The molecule has 0 aliphatic rings. The van der Waals surface area contributed by atoms with Gasteiger partial charge in [-0.05, 0) is 38.5 Å². The van der Waals surface area contributed by atoms with Crippen LogP contribution in [0, 0.1) is 0 Å². The summed E-state index contributed by atoms with van der Waals surface area (Å²) in [4.78, 5) is 11.7. The first-order chi connectivity index (χ1) is 14.3. The fourth-order valence-corrected chi connectivity index (χ4v) is 3.51. The minimum Gasteiger partial charge on any atom is -0.466 e. The Morgan fingerprint density at radius 2 is 1.14 bits per heavy atom. The zero-order valence-corrected chi connectivity index (χ0v) is 19.5. The highest BCUT2D eigenvalue weighted by Crippen LogP contribution is 2.11. The second-order valence-corrected chi connectivity index (χ2v) is 8.40. The van der Waals surface area contributed by atoms with Crippen LogP contribution in [0.1, 0.15) is 135 Å². The Balaban J connectivity index is 3.18. The Morgan fingerprint density at radius 1 is 0.655 bits per heavy atom. The van der Waals surface area contributed by atoms with Gasteiger partial charge in [0.2, 0.25) is 0 Å². The van der Waals surface area contributed by atoms with Gasteiger partial charge in [-0.3, -0.25) is 4.79 Å². The van der Waals surface area contributed by atoms with E-state index in [2.05, 4.69) is 19.1 Å². The molecule has 0 fully saturated rings. The third-order valence-corrected chi connectivity index (χ3v) is 5.46. The molecule has 172 valence electrons. The molecule has 1 N–H and O–H groups in total. The maximum Gasteiger partial charge on any atom is 0.305 e. The first-order valence-electron chi connectivity index (χ1n) is 12.7. The van der Waals surface area contributed by atoms with E-state index in [1.54, 1.807) is 0 Å². The summed E-state index contributed by atoms with van der Waals surface area (Å²) in [6, 6.07) is 0. The molecule has 0 unspecified atom stereocenters.